The summed E-state index contributed by atoms with van der Waals surface area (Å²) in [5.74, 6) is -0.262. The lowest BCUT2D eigenvalue weighted by Gasteiger charge is -2.45. The second kappa shape index (κ2) is 13.5. The van der Waals surface area contributed by atoms with Crippen LogP contribution < -0.4 is 10.1 Å². The number of amides is 2. The fourth-order valence-electron chi connectivity index (χ4n) is 5.57. The quantitative estimate of drug-likeness (QED) is 0.247. The van der Waals surface area contributed by atoms with Crippen LogP contribution in [0.15, 0.2) is 60.3 Å². The van der Waals surface area contributed by atoms with Gasteiger partial charge in [-0.05, 0) is 68.1 Å². The SMILES string of the molecule is C=CC(=O)[N+]1(C)CCN(C[C@H](Oc2cnc(C(=O)Nc3ncc(S(C)(=O)=O)cc3C)c(C)c2)c2ccc(C)c(C(F)(F)F)c2)C[C@H]1C. The number of hydrogen-bond acceptors (Lipinski definition) is 8. The summed E-state index contributed by atoms with van der Waals surface area (Å²) in [5.41, 5.74) is 0.590. The third-order valence-electron chi connectivity index (χ3n) is 8.68. The molecule has 1 unspecified atom stereocenters. The van der Waals surface area contributed by atoms with Crippen molar-refractivity contribution in [3.05, 3.63) is 88.9 Å². The topological polar surface area (TPSA) is 119 Å². The molecule has 0 aliphatic carbocycles. The number of aromatic nitrogens is 2. The Morgan fingerprint density at radius 1 is 1.13 bits per heavy atom. The molecule has 3 atom stereocenters. The first-order chi connectivity index (χ1) is 21.8. The van der Waals surface area contributed by atoms with E-state index in [1.165, 1.54) is 31.3 Å². The van der Waals surface area contributed by atoms with E-state index >= 15 is 0 Å². The predicted molar refractivity (Wildman–Crippen MR) is 171 cm³/mol. The maximum Gasteiger partial charge on any atom is 0.416 e. The number of anilines is 1. The summed E-state index contributed by atoms with van der Waals surface area (Å²) in [6, 6.07) is 7.01. The predicted octanol–water partition coefficient (Wildman–Crippen LogP) is 5.06. The monoisotopic (exact) mass is 674 g/mol. The summed E-state index contributed by atoms with van der Waals surface area (Å²) in [4.78, 5) is 36.1. The second-order valence-corrected chi connectivity index (χ2v) is 14.2. The lowest BCUT2D eigenvalue weighted by molar-refractivity contribution is -0.861. The van der Waals surface area contributed by atoms with Crippen LogP contribution >= 0.6 is 0 Å². The van der Waals surface area contributed by atoms with E-state index in [1.54, 1.807) is 26.0 Å². The van der Waals surface area contributed by atoms with Gasteiger partial charge >= 0.3 is 12.1 Å². The number of sulfone groups is 1. The number of hydrogen-bond donors (Lipinski definition) is 1. The van der Waals surface area contributed by atoms with E-state index in [1.807, 2.05) is 14.0 Å². The Bertz CT molecular complexity index is 1810. The van der Waals surface area contributed by atoms with Crippen LogP contribution in [-0.2, 0) is 20.8 Å². The van der Waals surface area contributed by atoms with Crippen molar-refractivity contribution in [1.82, 2.24) is 14.9 Å². The van der Waals surface area contributed by atoms with Crippen LogP contribution in [0.4, 0.5) is 19.0 Å². The van der Waals surface area contributed by atoms with Gasteiger partial charge in [-0.2, -0.15) is 13.2 Å². The average molecular weight is 675 g/mol. The number of quaternary nitrogens is 1. The van der Waals surface area contributed by atoms with Gasteiger partial charge in [-0.3, -0.25) is 14.2 Å². The average Bonchev–Trinajstić information content (AvgIpc) is 2.98. The molecular formula is C33H39F3N5O5S+. The zero-order chi connectivity index (χ0) is 34.9. The molecule has 1 aliphatic rings. The molecule has 4 rings (SSSR count). The van der Waals surface area contributed by atoms with Gasteiger partial charge in [0.1, 0.15) is 29.4 Å². The molecule has 14 heteroatoms. The fourth-order valence-corrected chi connectivity index (χ4v) is 6.21. The van der Waals surface area contributed by atoms with E-state index in [0.29, 0.717) is 36.3 Å². The number of alkyl halides is 3. The zero-order valence-electron chi connectivity index (χ0n) is 27.2. The molecule has 1 fully saturated rings. The number of pyridine rings is 2. The summed E-state index contributed by atoms with van der Waals surface area (Å²) < 4.78 is 71.8. The Labute approximate surface area is 272 Å². The molecule has 0 bridgehead atoms. The van der Waals surface area contributed by atoms with Crippen molar-refractivity contribution >= 4 is 27.5 Å². The number of nitrogens with zero attached hydrogens (tertiary/aromatic N) is 4. The number of ether oxygens (including phenoxy) is 1. The standard InChI is InChI=1S/C33H38F3N5O5S/c1-8-29(42)41(6)12-11-40(18-23(41)5)19-28(24-10-9-20(2)27(15-24)33(34,35)36)46-25-13-21(3)30(37-16-25)32(43)39-31-22(4)14-26(17-38-31)47(7,44)45/h8-10,13-17,23,28H,1,11-12,18-19H2,2-7H3/p+1/t23-,28+,41?/m1/s1. The minimum atomic E-state index is -4.56. The number of aryl methyl sites for hydroxylation is 3. The molecule has 2 amide bonds. The van der Waals surface area contributed by atoms with Crippen LogP contribution in [0.25, 0.3) is 0 Å². The first-order valence-corrected chi connectivity index (χ1v) is 16.8. The molecule has 0 spiro atoms. The summed E-state index contributed by atoms with van der Waals surface area (Å²) in [6.45, 7) is 12.0. The van der Waals surface area contributed by atoms with Gasteiger partial charge in [0.2, 0.25) is 0 Å². The van der Waals surface area contributed by atoms with Gasteiger partial charge in [-0.1, -0.05) is 18.7 Å². The Morgan fingerprint density at radius 3 is 2.40 bits per heavy atom. The fraction of sp³-hybridized carbons (Fsp3) is 0.394. The highest BCUT2D eigenvalue weighted by Crippen LogP contribution is 2.35. The third kappa shape index (κ3) is 8.06. The maximum atomic E-state index is 13.9. The highest BCUT2D eigenvalue weighted by molar-refractivity contribution is 7.90. The number of benzene rings is 1. The van der Waals surface area contributed by atoms with Gasteiger partial charge in [0.15, 0.2) is 9.84 Å². The van der Waals surface area contributed by atoms with Gasteiger partial charge in [0.25, 0.3) is 5.91 Å². The minimum absolute atomic E-state index is 0.0200. The van der Waals surface area contributed by atoms with Crippen LogP contribution in [0.1, 0.15) is 51.3 Å². The molecule has 2 aromatic heterocycles. The number of halogens is 3. The number of rotatable bonds is 9. The summed E-state index contributed by atoms with van der Waals surface area (Å²) >= 11 is 0. The highest BCUT2D eigenvalue weighted by atomic mass is 32.2. The van der Waals surface area contributed by atoms with E-state index in [0.717, 1.165) is 18.5 Å². The van der Waals surface area contributed by atoms with Crippen LogP contribution in [0, 0.1) is 20.8 Å². The van der Waals surface area contributed by atoms with Gasteiger partial charge in [0, 0.05) is 31.6 Å². The van der Waals surface area contributed by atoms with Gasteiger partial charge < -0.3 is 10.1 Å². The van der Waals surface area contributed by atoms with Gasteiger partial charge in [0.05, 0.1) is 36.8 Å². The molecule has 3 heterocycles. The van der Waals surface area contributed by atoms with Crippen molar-refractivity contribution in [3.8, 4) is 5.75 Å². The van der Waals surface area contributed by atoms with E-state index in [9.17, 15) is 31.2 Å². The van der Waals surface area contributed by atoms with E-state index in [4.69, 9.17) is 4.74 Å². The minimum Gasteiger partial charge on any atom is -0.483 e. The van der Waals surface area contributed by atoms with Gasteiger partial charge in [-0.15, -0.1) is 0 Å². The largest absolute Gasteiger partial charge is 0.483 e. The molecule has 0 radical (unpaired) electrons. The Kier molecular flexibility index (Phi) is 10.3. The lowest BCUT2D eigenvalue weighted by atomic mass is 10.00. The molecule has 3 aromatic rings. The molecule has 0 saturated carbocycles. The number of piperazine rings is 1. The van der Waals surface area contributed by atoms with Crippen molar-refractivity contribution < 1.29 is 40.4 Å². The molecule has 252 valence electrons. The molecule has 47 heavy (non-hydrogen) atoms. The molecule has 1 saturated heterocycles. The maximum absolute atomic E-state index is 13.9. The van der Waals surface area contributed by atoms with Crippen molar-refractivity contribution in [2.75, 3.05) is 44.8 Å². The number of nitrogens with one attached hydrogen (secondary N) is 1. The Hall–Kier alpha value is -4.14. The van der Waals surface area contributed by atoms with Crippen LogP contribution in [-0.4, -0.2) is 85.1 Å². The first kappa shape index (κ1) is 35.7. The van der Waals surface area contributed by atoms with E-state index in [-0.39, 0.29) is 50.7 Å². The van der Waals surface area contributed by atoms with Crippen molar-refractivity contribution in [3.63, 3.8) is 0 Å². The molecule has 1 aromatic carbocycles. The lowest BCUT2D eigenvalue weighted by Crippen LogP contribution is -2.65. The Morgan fingerprint density at radius 2 is 1.83 bits per heavy atom. The first-order valence-electron chi connectivity index (χ1n) is 14.9. The van der Waals surface area contributed by atoms with Crippen molar-refractivity contribution in [2.24, 2.45) is 0 Å². The summed E-state index contributed by atoms with van der Waals surface area (Å²) in [7, 11) is -1.63. The van der Waals surface area contributed by atoms with Crippen molar-refractivity contribution in [2.45, 2.75) is 50.9 Å². The highest BCUT2D eigenvalue weighted by Gasteiger charge is 2.41. The summed E-state index contributed by atoms with van der Waals surface area (Å²) in [5, 5.41) is 2.64. The third-order valence-corrected chi connectivity index (χ3v) is 9.76. The van der Waals surface area contributed by atoms with Crippen LogP contribution in [0.3, 0.4) is 0 Å². The molecule has 1 N–H and O–H groups in total. The number of likely N-dealkylation sites (N-methyl/N-ethyl adjacent to an activating group) is 1. The number of carbonyl (C=O) groups excluding carboxylic acids is 2. The molecule has 1 aliphatic heterocycles. The van der Waals surface area contributed by atoms with E-state index < -0.39 is 33.6 Å². The zero-order valence-corrected chi connectivity index (χ0v) is 28.0. The van der Waals surface area contributed by atoms with Crippen LogP contribution in [0.5, 0.6) is 5.75 Å². The summed E-state index contributed by atoms with van der Waals surface area (Å²) in [6.07, 6.45) is -0.529. The normalized spacial score (nSPS) is 19.6. The van der Waals surface area contributed by atoms with E-state index in [2.05, 4.69) is 26.8 Å². The smallest absolute Gasteiger partial charge is 0.416 e. The molecular weight excluding hydrogens is 635 g/mol. The number of carbonyl (C=O) groups is 2. The second-order valence-electron chi connectivity index (χ2n) is 12.2. The van der Waals surface area contributed by atoms with Gasteiger partial charge in [-0.25, -0.2) is 23.2 Å². The van der Waals surface area contributed by atoms with Crippen molar-refractivity contribution in [1.29, 1.82) is 0 Å². The molecule has 10 nitrogen and oxygen atoms in total. The Balaban J connectivity index is 1.60. The van der Waals surface area contributed by atoms with Crippen LogP contribution in [0.2, 0.25) is 0 Å².